The van der Waals surface area contributed by atoms with Crippen LogP contribution in [0.15, 0.2) is 48.5 Å². The first-order valence-electron chi connectivity index (χ1n) is 4.85. The Hall–Kier alpha value is -0.448. The van der Waals surface area contributed by atoms with Crippen LogP contribution in [0.1, 0.15) is 21.5 Å². The Morgan fingerprint density at radius 3 is 2.00 bits per heavy atom. The maximum absolute atomic E-state index is 11.9. The zero-order valence-electron chi connectivity index (χ0n) is 9.10. The maximum atomic E-state index is 11.9. The molecule has 0 aliphatic carbocycles. The largest absolute Gasteiger partial charge is 0.291 e. The number of hydrogen-bond acceptors (Lipinski definition) is 1. The van der Waals surface area contributed by atoms with Gasteiger partial charge in [-0.05, 0) is 6.92 Å². The summed E-state index contributed by atoms with van der Waals surface area (Å²) in [7, 11) is 0. The Balaban J connectivity index is 0.00000128. The van der Waals surface area contributed by atoms with Gasteiger partial charge in [0.2, 0.25) is 0 Å². The van der Waals surface area contributed by atoms with Gasteiger partial charge in [0.15, 0.2) is 5.78 Å². The molecule has 2 aromatic rings. The summed E-state index contributed by atoms with van der Waals surface area (Å²) in [6.45, 7) is 2.01. The van der Waals surface area contributed by atoms with Crippen LogP contribution < -0.4 is 0 Å². The molecule has 1 nitrogen and oxygen atoms in total. The second-order valence-corrected chi connectivity index (χ2v) is 3.48. The van der Waals surface area contributed by atoms with Gasteiger partial charge in [0.1, 0.15) is 0 Å². The Bertz CT molecular complexity index is 460. The van der Waals surface area contributed by atoms with Gasteiger partial charge in [0.25, 0.3) is 0 Å². The summed E-state index contributed by atoms with van der Waals surface area (Å²) in [5.74, 6) is 0.0593. The van der Waals surface area contributed by atoms with Gasteiger partial charge in [-0.3, -0.25) is 4.79 Å². The predicted molar refractivity (Wildman–Crippen MR) is 59.9 cm³/mol. The molecular weight excluding hydrogens is 411 g/mol. The minimum atomic E-state index is 0. The number of carbonyl (C=O) groups is 1. The van der Waals surface area contributed by atoms with Crippen LogP contribution in [-0.4, -0.2) is 5.78 Å². The zero-order chi connectivity index (χ0) is 10.7. The third kappa shape index (κ3) is 3.27. The first-order valence-corrected chi connectivity index (χ1v) is 4.85. The molecule has 2 aromatic carbocycles. The van der Waals surface area contributed by atoms with Crippen molar-refractivity contribution in [3.05, 3.63) is 71.3 Å². The molecule has 0 unspecified atom stereocenters. The summed E-state index contributed by atoms with van der Waals surface area (Å²) < 4.78 is 0. The average molecular weight is 422 g/mol. The molecule has 0 N–H and O–H groups in total. The number of aryl methyl sites for hydroxylation is 1. The maximum Gasteiger partial charge on any atom is 0.169 e. The summed E-state index contributed by atoms with van der Waals surface area (Å²) >= 11 is 0. The normalized spacial score (nSPS) is 9.31. The van der Waals surface area contributed by atoms with E-state index in [0.717, 1.165) is 11.1 Å². The van der Waals surface area contributed by atoms with E-state index in [0.29, 0.717) is 5.56 Å². The fourth-order valence-electron chi connectivity index (χ4n) is 1.41. The number of rotatable bonds is 2. The van der Waals surface area contributed by atoms with Crippen LogP contribution in [0.4, 0.5) is 0 Å². The van der Waals surface area contributed by atoms with Crippen molar-refractivity contribution in [2.75, 3.05) is 0 Å². The van der Waals surface area contributed by atoms with E-state index in [4.69, 9.17) is 0 Å². The standard InChI is InChI=1S/C14H11O.Ac/c1-11-7-9-13(10-8-11)14(15)12-5-3-2-4-6-12;/h3-10H,1H3;/q-1;. The van der Waals surface area contributed by atoms with E-state index in [1.165, 1.54) is 0 Å². The number of ketones is 1. The van der Waals surface area contributed by atoms with Gasteiger partial charge in [-0.25, -0.2) is 0 Å². The first kappa shape index (κ1) is 13.6. The van der Waals surface area contributed by atoms with Crippen molar-refractivity contribution in [2.45, 2.75) is 6.92 Å². The van der Waals surface area contributed by atoms with Crippen molar-refractivity contribution in [1.82, 2.24) is 0 Å². The molecule has 0 aliphatic rings. The van der Waals surface area contributed by atoms with Crippen LogP contribution >= 0.6 is 0 Å². The molecule has 0 aromatic heterocycles. The van der Waals surface area contributed by atoms with E-state index < -0.39 is 0 Å². The SMILES string of the molecule is Cc1ccc(C(=O)c2cc[c-]cc2)cc1.[Ac]. The minimum Gasteiger partial charge on any atom is -0.291 e. The molecule has 0 atom stereocenters. The predicted octanol–water partition coefficient (Wildman–Crippen LogP) is 3.03. The summed E-state index contributed by atoms with van der Waals surface area (Å²) in [6.07, 6.45) is 0. The van der Waals surface area contributed by atoms with Crippen LogP contribution in [0.2, 0.25) is 0 Å². The summed E-state index contributed by atoms with van der Waals surface area (Å²) in [6, 6.07) is 17.6. The molecule has 0 saturated carbocycles. The first-order chi connectivity index (χ1) is 7.27. The Morgan fingerprint density at radius 2 is 1.44 bits per heavy atom. The third-order valence-corrected chi connectivity index (χ3v) is 2.29. The topological polar surface area (TPSA) is 17.1 Å². The van der Waals surface area contributed by atoms with Crippen LogP contribution in [0, 0.1) is 57.1 Å². The number of benzene rings is 2. The van der Waals surface area contributed by atoms with Gasteiger partial charge in [0, 0.05) is 49.6 Å². The number of carbonyl (C=O) groups excluding carboxylic acids is 1. The van der Waals surface area contributed by atoms with Gasteiger partial charge < -0.3 is 0 Å². The van der Waals surface area contributed by atoms with Crippen molar-refractivity contribution in [2.24, 2.45) is 0 Å². The number of hydrogen-bond donors (Lipinski definition) is 0. The zero-order valence-corrected chi connectivity index (χ0v) is 13.8. The van der Waals surface area contributed by atoms with E-state index >= 15 is 0 Å². The van der Waals surface area contributed by atoms with Gasteiger partial charge in [-0.15, -0.1) is 0 Å². The Morgan fingerprint density at radius 1 is 0.938 bits per heavy atom. The molecule has 0 spiro atoms. The summed E-state index contributed by atoms with van der Waals surface area (Å²) in [4.78, 5) is 11.9. The molecule has 0 saturated heterocycles. The van der Waals surface area contributed by atoms with Crippen molar-refractivity contribution in [3.63, 3.8) is 0 Å². The van der Waals surface area contributed by atoms with Gasteiger partial charge in [-0.1, -0.05) is 35.4 Å². The molecule has 0 amide bonds. The Kier molecular flexibility index (Phi) is 5.38. The molecule has 0 bridgehead atoms. The van der Waals surface area contributed by atoms with E-state index in [-0.39, 0.29) is 49.8 Å². The third-order valence-electron chi connectivity index (χ3n) is 2.29. The van der Waals surface area contributed by atoms with E-state index in [1.807, 2.05) is 31.2 Å². The monoisotopic (exact) mass is 422 g/mol. The van der Waals surface area contributed by atoms with Crippen molar-refractivity contribution >= 4 is 5.78 Å². The molecule has 16 heavy (non-hydrogen) atoms. The van der Waals surface area contributed by atoms with Gasteiger partial charge >= 0.3 is 0 Å². The van der Waals surface area contributed by atoms with Crippen LogP contribution in [0.5, 0.6) is 0 Å². The molecule has 2 heteroatoms. The van der Waals surface area contributed by atoms with Crippen LogP contribution in [0.25, 0.3) is 0 Å². The summed E-state index contributed by atoms with van der Waals surface area (Å²) in [5, 5.41) is 0. The smallest absolute Gasteiger partial charge is 0.169 e. The molecule has 2 rings (SSSR count). The van der Waals surface area contributed by atoms with Crippen molar-refractivity contribution in [1.29, 1.82) is 0 Å². The fourth-order valence-corrected chi connectivity index (χ4v) is 1.41. The molecule has 77 valence electrons. The quantitative estimate of drug-likeness (QED) is 0.538. The summed E-state index contributed by atoms with van der Waals surface area (Å²) in [5.41, 5.74) is 2.59. The molecule has 0 fully saturated rings. The minimum absolute atomic E-state index is 0. The van der Waals surface area contributed by atoms with E-state index in [2.05, 4.69) is 6.07 Å². The van der Waals surface area contributed by atoms with Crippen molar-refractivity contribution < 1.29 is 48.9 Å². The second-order valence-electron chi connectivity index (χ2n) is 3.48. The molecule has 0 heterocycles. The van der Waals surface area contributed by atoms with Crippen LogP contribution in [-0.2, 0) is 0 Å². The van der Waals surface area contributed by atoms with E-state index in [9.17, 15) is 4.79 Å². The van der Waals surface area contributed by atoms with Crippen LogP contribution in [0.3, 0.4) is 0 Å². The van der Waals surface area contributed by atoms with Gasteiger partial charge in [0.05, 0.1) is 0 Å². The van der Waals surface area contributed by atoms with Gasteiger partial charge in [-0.2, -0.15) is 30.3 Å². The molecular formula is C14H11AcO-. The fraction of sp³-hybridized carbons (Fsp3) is 0.0714. The van der Waals surface area contributed by atoms with Crippen molar-refractivity contribution in [3.8, 4) is 0 Å². The Labute approximate surface area is 131 Å². The molecule has 0 aliphatic heterocycles. The molecule has 1 radical (unpaired) electrons. The van der Waals surface area contributed by atoms with E-state index in [1.54, 1.807) is 24.3 Å². The second kappa shape index (κ2) is 6.33. The average Bonchev–Trinajstić information content (AvgIpc) is 2.30.